The Balaban J connectivity index is 2.35. The van der Waals surface area contributed by atoms with Crippen molar-refractivity contribution in [1.29, 1.82) is 0 Å². The molecule has 2 heteroatoms. The highest BCUT2D eigenvalue weighted by Gasteiger charge is 2.18. The van der Waals surface area contributed by atoms with Crippen molar-refractivity contribution in [2.45, 2.75) is 31.8 Å². The molecule has 0 saturated carbocycles. The maximum atomic E-state index is 5.44. The van der Waals surface area contributed by atoms with Crippen LogP contribution in [-0.4, -0.2) is 12.1 Å². The first-order valence-electron chi connectivity index (χ1n) is 4.88. The van der Waals surface area contributed by atoms with Gasteiger partial charge in [0, 0.05) is 13.3 Å². The molecule has 1 unspecified atom stereocenters. The summed E-state index contributed by atoms with van der Waals surface area (Å²) in [5.74, 6) is 0. The van der Waals surface area contributed by atoms with Crippen LogP contribution in [0.3, 0.4) is 0 Å². The molecule has 1 aromatic heterocycles. The minimum atomic E-state index is 0.221. The second-order valence-corrected chi connectivity index (χ2v) is 3.52. The lowest BCUT2D eigenvalue weighted by Gasteiger charge is -2.13. The molecule has 1 atom stereocenters. The summed E-state index contributed by atoms with van der Waals surface area (Å²) in [4.78, 5) is 4.41. The van der Waals surface area contributed by atoms with Gasteiger partial charge in [-0.15, -0.1) is 0 Å². The summed E-state index contributed by atoms with van der Waals surface area (Å²) in [6, 6.07) is 4.18. The van der Waals surface area contributed by atoms with Crippen molar-refractivity contribution in [1.82, 2.24) is 4.98 Å². The fourth-order valence-corrected chi connectivity index (χ4v) is 1.96. The van der Waals surface area contributed by atoms with E-state index in [2.05, 4.69) is 11.1 Å². The van der Waals surface area contributed by atoms with E-state index in [0.29, 0.717) is 0 Å². The predicted octanol–water partition coefficient (Wildman–Crippen LogP) is 2.50. The lowest BCUT2D eigenvalue weighted by molar-refractivity contribution is 0.0917. The average Bonchev–Trinajstić information content (AvgIpc) is 2.39. The largest absolute Gasteiger partial charge is 0.375 e. The Bertz CT molecular complexity index is 285. The Morgan fingerprint density at radius 2 is 2.38 bits per heavy atom. The van der Waals surface area contributed by atoms with Crippen molar-refractivity contribution in [3.63, 3.8) is 0 Å². The van der Waals surface area contributed by atoms with E-state index in [4.69, 9.17) is 4.74 Å². The van der Waals surface area contributed by atoms with Crippen LogP contribution in [0.15, 0.2) is 18.3 Å². The van der Waals surface area contributed by atoms with E-state index in [0.717, 1.165) is 18.5 Å². The number of fused-ring (bicyclic) bond motifs is 1. The van der Waals surface area contributed by atoms with E-state index in [1.165, 1.54) is 18.4 Å². The molecule has 0 saturated heterocycles. The van der Waals surface area contributed by atoms with Crippen LogP contribution in [0.5, 0.6) is 0 Å². The normalized spacial score (nSPS) is 22.1. The second-order valence-electron chi connectivity index (χ2n) is 3.52. The monoisotopic (exact) mass is 177 g/mol. The number of ether oxygens (including phenoxy) is 1. The molecule has 1 heterocycles. The molecular weight excluding hydrogens is 162 g/mol. The number of nitrogens with zero attached hydrogens (tertiary/aromatic N) is 1. The first-order chi connectivity index (χ1) is 6.42. The molecule has 13 heavy (non-hydrogen) atoms. The van der Waals surface area contributed by atoms with Crippen molar-refractivity contribution < 1.29 is 4.74 Å². The van der Waals surface area contributed by atoms with Gasteiger partial charge in [-0.25, -0.2) is 0 Å². The maximum absolute atomic E-state index is 5.44. The number of hydrogen-bond acceptors (Lipinski definition) is 2. The number of rotatable bonds is 1. The molecular formula is C11H15NO. The summed E-state index contributed by atoms with van der Waals surface area (Å²) < 4.78 is 5.44. The fourth-order valence-electron chi connectivity index (χ4n) is 1.96. The molecule has 0 N–H and O–H groups in total. The molecule has 0 fully saturated rings. The molecule has 1 aliphatic carbocycles. The molecule has 0 amide bonds. The van der Waals surface area contributed by atoms with Gasteiger partial charge in [0.25, 0.3) is 0 Å². The van der Waals surface area contributed by atoms with Gasteiger partial charge in [-0.2, -0.15) is 0 Å². The Morgan fingerprint density at radius 3 is 3.23 bits per heavy atom. The molecule has 1 aromatic rings. The van der Waals surface area contributed by atoms with Crippen LogP contribution in [0, 0.1) is 0 Å². The van der Waals surface area contributed by atoms with E-state index in [-0.39, 0.29) is 6.10 Å². The molecule has 70 valence electrons. The van der Waals surface area contributed by atoms with Crippen LogP contribution in [0.2, 0.25) is 0 Å². The Labute approximate surface area is 78.9 Å². The van der Waals surface area contributed by atoms with Gasteiger partial charge in [-0.05, 0) is 30.9 Å². The minimum absolute atomic E-state index is 0.221. The van der Waals surface area contributed by atoms with Crippen molar-refractivity contribution in [2.24, 2.45) is 0 Å². The Kier molecular flexibility index (Phi) is 2.60. The average molecular weight is 177 g/mol. The zero-order chi connectivity index (χ0) is 9.10. The molecule has 2 rings (SSSR count). The van der Waals surface area contributed by atoms with Crippen molar-refractivity contribution in [3.05, 3.63) is 29.6 Å². The Hall–Kier alpha value is -0.890. The fraction of sp³-hybridized carbons (Fsp3) is 0.545. The van der Waals surface area contributed by atoms with Crippen LogP contribution in [-0.2, 0) is 11.2 Å². The molecule has 0 radical (unpaired) electrons. The van der Waals surface area contributed by atoms with Crippen molar-refractivity contribution >= 4 is 0 Å². The first kappa shape index (κ1) is 8.70. The maximum Gasteiger partial charge on any atom is 0.0993 e. The third-order valence-corrected chi connectivity index (χ3v) is 2.68. The summed E-state index contributed by atoms with van der Waals surface area (Å²) in [5.41, 5.74) is 2.52. The predicted molar refractivity (Wildman–Crippen MR) is 51.5 cm³/mol. The highest BCUT2D eigenvalue weighted by molar-refractivity contribution is 5.23. The van der Waals surface area contributed by atoms with Gasteiger partial charge in [0.15, 0.2) is 0 Å². The second kappa shape index (κ2) is 3.88. The number of methoxy groups -OCH3 is 1. The smallest absolute Gasteiger partial charge is 0.0993 e. The molecule has 0 aromatic carbocycles. The van der Waals surface area contributed by atoms with E-state index in [9.17, 15) is 0 Å². The van der Waals surface area contributed by atoms with Crippen LogP contribution >= 0.6 is 0 Å². The summed E-state index contributed by atoms with van der Waals surface area (Å²) in [6.07, 6.45) is 6.85. The van der Waals surface area contributed by atoms with Gasteiger partial charge in [-0.1, -0.05) is 12.5 Å². The van der Waals surface area contributed by atoms with Crippen LogP contribution in [0.4, 0.5) is 0 Å². The van der Waals surface area contributed by atoms with Gasteiger partial charge < -0.3 is 4.74 Å². The van der Waals surface area contributed by atoms with E-state index in [1.54, 1.807) is 7.11 Å². The van der Waals surface area contributed by atoms with Gasteiger partial charge in [0.1, 0.15) is 0 Å². The third-order valence-electron chi connectivity index (χ3n) is 2.68. The van der Waals surface area contributed by atoms with Gasteiger partial charge >= 0.3 is 0 Å². The lowest BCUT2D eigenvalue weighted by atomic mass is 10.1. The molecule has 2 nitrogen and oxygen atoms in total. The molecule has 0 bridgehead atoms. The highest BCUT2D eigenvalue weighted by Crippen LogP contribution is 2.28. The van der Waals surface area contributed by atoms with Gasteiger partial charge in [-0.3, -0.25) is 4.98 Å². The first-order valence-corrected chi connectivity index (χ1v) is 4.88. The van der Waals surface area contributed by atoms with Crippen LogP contribution in [0.25, 0.3) is 0 Å². The topological polar surface area (TPSA) is 22.1 Å². The third kappa shape index (κ3) is 1.73. The number of pyridine rings is 1. The summed E-state index contributed by atoms with van der Waals surface area (Å²) in [7, 11) is 1.77. The van der Waals surface area contributed by atoms with Gasteiger partial charge in [0.2, 0.25) is 0 Å². The highest BCUT2D eigenvalue weighted by atomic mass is 16.5. The van der Waals surface area contributed by atoms with Crippen molar-refractivity contribution in [2.75, 3.05) is 7.11 Å². The number of aryl methyl sites for hydroxylation is 1. The quantitative estimate of drug-likeness (QED) is 0.615. The lowest BCUT2D eigenvalue weighted by Crippen LogP contribution is -2.04. The summed E-state index contributed by atoms with van der Waals surface area (Å²) in [6.45, 7) is 0. The zero-order valence-electron chi connectivity index (χ0n) is 7.99. The van der Waals surface area contributed by atoms with E-state index < -0.39 is 0 Å². The Morgan fingerprint density at radius 1 is 1.46 bits per heavy atom. The number of hydrogen-bond donors (Lipinski definition) is 0. The molecule has 1 aliphatic rings. The van der Waals surface area contributed by atoms with Crippen LogP contribution < -0.4 is 0 Å². The standard InChI is InChI=1S/C11H15NO/c1-13-10-7-3-2-5-9-6-4-8-12-11(9)10/h4,6,8,10H,2-3,5,7H2,1H3. The SMILES string of the molecule is COC1CCCCc2cccnc21. The number of aromatic nitrogens is 1. The van der Waals surface area contributed by atoms with E-state index >= 15 is 0 Å². The van der Waals surface area contributed by atoms with Gasteiger partial charge in [0.05, 0.1) is 11.8 Å². The molecule has 0 aliphatic heterocycles. The zero-order valence-corrected chi connectivity index (χ0v) is 7.99. The summed E-state index contributed by atoms with van der Waals surface area (Å²) in [5, 5.41) is 0. The minimum Gasteiger partial charge on any atom is -0.375 e. The summed E-state index contributed by atoms with van der Waals surface area (Å²) >= 11 is 0. The molecule has 0 spiro atoms. The van der Waals surface area contributed by atoms with Crippen molar-refractivity contribution in [3.8, 4) is 0 Å². The van der Waals surface area contributed by atoms with Crippen LogP contribution in [0.1, 0.15) is 36.6 Å². The van der Waals surface area contributed by atoms with E-state index in [1.807, 2.05) is 12.3 Å².